The Morgan fingerprint density at radius 3 is 2.68 bits per heavy atom. The number of hydrogen-bond donors (Lipinski definition) is 1. The van der Waals surface area contributed by atoms with Crippen molar-refractivity contribution in [2.45, 2.75) is 33.4 Å². The second-order valence-electron chi connectivity index (χ2n) is 4.89. The van der Waals surface area contributed by atoms with Crippen LogP contribution < -0.4 is 17.0 Å². The maximum atomic E-state index is 12.1. The van der Waals surface area contributed by atoms with E-state index in [1.165, 1.54) is 21.4 Å². The Hall–Kier alpha value is -1.40. The summed E-state index contributed by atoms with van der Waals surface area (Å²) in [5.74, 6) is 0.468. The predicted octanol–water partition coefficient (Wildman–Crippen LogP) is 0.0314. The number of aromatic nitrogens is 2. The lowest BCUT2D eigenvalue weighted by Gasteiger charge is -2.10. The summed E-state index contributed by atoms with van der Waals surface area (Å²) in [6.45, 7) is 6.54. The zero-order chi connectivity index (χ0) is 14.3. The molecule has 0 unspecified atom stereocenters. The minimum absolute atomic E-state index is 0.280. The van der Waals surface area contributed by atoms with Crippen LogP contribution in [0.1, 0.15) is 20.3 Å². The highest BCUT2D eigenvalue weighted by Gasteiger charge is 2.04. The Labute approximate surface area is 112 Å². The van der Waals surface area contributed by atoms with E-state index in [-0.39, 0.29) is 11.2 Å². The highest BCUT2D eigenvalue weighted by Crippen LogP contribution is 1.92. The summed E-state index contributed by atoms with van der Waals surface area (Å²) in [6.07, 6.45) is 2.13. The van der Waals surface area contributed by atoms with Crippen LogP contribution >= 0.6 is 0 Å². The van der Waals surface area contributed by atoms with Gasteiger partial charge in [0, 0.05) is 25.4 Å². The predicted molar refractivity (Wildman–Crippen MR) is 74.3 cm³/mol. The number of ether oxygens (including phenoxy) is 1. The Balaban J connectivity index is 2.69. The van der Waals surface area contributed by atoms with Crippen molar-refractivity contribution in [3.8, 4) is 0 Å². The van der Waals surface area contributed by atoms with E-state index in [9.17, 15) is 9.59 Å². The normalized spacial score (nSPS) is 11.2. The summed E-state index contributed by atoms with van der Waals surface area (Å²) in [7, 11) is 0. The van der Waals surface area contributed by atoms with E-state index in [2.05, 4.69) is 13.8 Å². The monoisotopic (exact) mass is 269 g/mol. The minimum atomic E-state index is -0.297. The maximum Gasteiger partial charge on any atom is 0.331 e. The van der Waals surface area contributed by atoms with Crippen LogP contribution in [-0.2, 0) is 17.8 Å². The molecule has 0 fully saturated rings. The summed E-state index contributed by atoms with van der Waals surface area (Å²) in [5.41, 5.74) is 4.82. The largest absolute Gasteiger partial charge is 0.379 e. The van der Waals surface area contributed by atoms with Gasteiger partial charge in [-0.15, -0.1) is 0 Å². The van der Waals surface area contributed by atoms with Crippen molar-refractivity contribution in [3.63, 3.8) is 0 Å². The average Bonchev–Trinajstić information content (AvgIpc) is 2.36. The lowest BCUT2D eigenvalue weighted by Crippen LogP contribution is -2.40. The molecular formula is C13H23N3O3. The lowest BCUT2D eigenvalue weighted by atomic mass is 10.2. The summed E-state index contributed by atoms with van der Waals surface area (Å²) >= 11 is 0. The number of rotatable bonds is 8. The van der Waals surface area contributed by atoms with Crippen molar-refractivity contribution < 1.29 is 4.74 Å². The highest BCUT2D eigenvalue weighted by atomic mass is 16.5. The molecular weight excluding hydrogens is 246 g/mol. The van der Waals surface area contributed by atoms with E-state index in [1.807, 2.05) is 0 Å². The number of nitrogens with zero attached hydrogens (tertiary/aromatic N) is 2. The minimum Gasteiger partial charge on any atom is -0.379 e. The van der Waals surface area contributed by atoms with Gasteiger partial charge in [0.05, 0.1) is 13.2 Å². The fourth-order valence-corrected chi connectivity index (χ4v) is 1.66. The molecule has 0 aliphatic carbocycles. The van der Waals surface area contributed by atoms with E-state index in [0.29, 0.717) is 45.2 Å². The molecule has 6 heteroatoms. The van der Waals surface area contributed by atoms with Gasteiger partial charge in [-0.1, -0.05) is 13.8 Å². The van der Waals surface area contributed by atoms with Crippen molar-refractivity contribution in [1.29, 1.82) is 0 Å². The molecule has 1 aromatic rings. The molecule has 0 amide bonds. The molecule has 108 valence electrons. The van der Waals surface area contributed by atoms with Crippen LogP contribution in [0, 0.1) is 5.92 Å². The fraction of sp³-hybridized carbons (Fsp3) is 0.692. The number of nitrogens with two attached hydrogens (primary N) is 1. The third kappa shape index (κ3) is 5.00. The van der Waals surface area contributed by atoms with Crippen molar-refractivity contribution >= 4 is 0 Å². The molecule has 1 aromatic heterocycles. The van der Waals surface area contributed by atoms with Crippen molar-refractivity contribution in [2.24, 2.45) is 11.7 Å². The lowest BCUT2D eigenvalue weighted by molar-refractivity contribution is 0.102. The van der Waals surface area contributed by atoms with Crippen LogP contribution in [0.3, 0.4) is 0 Å². The number of hydrogen-bond acceptors (Lipinski definition) is 4. The van der Waals surface area contributed by atoms with E-state index >= 15 is 0 Å². The standard InChI is InChI=1S/C13H23N3O3/c1-11(2)10-19-9-8-15-7-4-12(17)16(13(15)18)6-3-5-14/h4,7,11H,3,5-6,8-10,14H2,1-2H3. The quantitative estimate of drug-likeness (QED) is 0.675. The van der Waals surface area contributed by atoms with Gasteiger partial charge >= 0.3 is 5.69 Å². The van der Waals surface area contributed by atoms with Gasteiger partial charge in [0.15, 0.2) is 0 Å². The molecule has 0 saturated carbocycles. The molecule has 1 rings (SSSR count). The van der Waals surface area contributed by atoms with Crippen molar-refractivity contribution in [2.75, 3.05) is 19.8 Å². The van der Waals surface area contributed by atoms with Crippen LogP contribution in [0.5, 0.6) is 0 Å². The summed E-state index contributed by atoms with van der Waals surface area (Å²) in [6, 6.07) is 1.40. The molecule has 0 aliphatic rings. The van der Waals surface area contributed by atoms with Crippen LogP contribution in [0.2, 0.25) is 0 Å². The topological polar surface area (TPSA) is 79.2 Å². The molecule has 0 bridgehead atoms. The molecule has 19 heavy (non-hydrogen) atoms. The molecule has 0 aliphatic heterocycles. The molecule has 0 aromatic carbocycles. The van der Waals surface area contributed by atoms with Gasteiger partial charge < -0.3 is 10.5 Å². The molecule has 6 nitrogen and oxygen atoms in total. The Kier molecular flexibility index (Phi) is 6.52. The third-order valence-corrected chi connectivity index (χ3v) is 2.65. The zero-order valence-electron chi connectivity index (χ0n) is 11.7. The first-order valence-electron chi connectivity index (χ1n) is 6.64. The molecule has 0 atom stereocenters. The van der Waals surface area contributed by atoms with Gasteiger partial charge in [-0.05, 0) is 18.9 Å². The van der Waals surface area contributed by atoms with Crippen LogP contribution in [-0.4, -0.2) is 28.9 Å². The van der Waals surface area contributed by atoms with Crippen LogP contribution in [0.4, 0.5) is 0 Å². The molecule has 0 radical (unpaired) electrons. The van der Waals surface area contributed by atoms with E-state index in [4.69, 9.17) is 10.5 Å². The van der Waals surface area contributed by atoms with Crippen LogP contribution in [0.25, 0.3) is 0 Å². The second-order valence-corrected chi connectivity index (χ2v) is 4.89. The Morgan fingerprint density at radius 2 is 2.05 bits per heavy atom. The zero-order valence-corrected chi connectivity index (χ0v) is 11.7. The molecule has 1 heterocycles. The van der Waals surface area contributed by atoms with Crippen LogP contribution in [0.15, 0.2) is 21.9 Å². The Bertz CT molecular complexity index is 491. The third-order valence-electron chi connectivity index (χ3n) is 2.65. The first-order valence-corrected chi connectivity index (χ1v) is 6.64. The second kappa shape index (κ2) is 7.91. The summed E-state index contributed by atoms with van der Waals surface area (Å²) in [5, 5.41) is 0. The van der Waals surface area contributed by atoms with Crippen molar-refractivity contribution in [3.05, 3.63) is 33.1 Å². The fourth-order valence-electron chi connectivity index (χ4n) is 1.66. The SMILES string of the molecule is CC(C)COCCn1ccc(=O)n(CCCN)c1=O. The molecule has 0 saturated heterocycles. The first-order chi connectivity index (χ1) is 9.06. The average molecular weight is 269 g/mol. The Morgan fingerprint density at radius 1 is 1.32 bits per heavy atom. The smallest absolute Gasteiger partial charge is 0.331 e. The highest BCUT2D eigenvalue weighted by molar-refractivity contribution is 4.86. The van der Waals surface area contributed by atoms with E-state index in [1.54, 1.807) is 0 Å². The maximum absolute atomic E-state index is 12.1. The van der Waals surface area contributed by atoms with E-state index in [0.717, 1.165) is 0 Å². The summed E-state index contributed by atoms with van der Waals surface area (Å²) in [4.78, 5) is 23.6. The van der Waals surface area contributed by atoms with Gasteiger partial charge in [0.2, 0.25) is 0 Å². The van der Waals surface area contributed by atoms with Gasteiger partial charge in [-0.25, -0.2) is 4.79 Å². The van der Waals surface area contributed by atoms with E-state index < -0.39 is 0 Å². The summed E-state index contributed by atoms with van der Waals surface area (Å²) < 4.78 is 8.15. The van der Waals surface area contributed by atoms with Gasteiger partial charge in [0.25, 0.3) is 5.56 Å². The van der Waals surface area contributed by atoms with Gasteiger partial charge in [-0.2, -0.15) is 0 Å². The van der Waals surface area contributed by atoms with Gasteiger partial charge in [-0.3, -0.25) is 13.9 Å². The first kappa shape index (κ1) is 15.7. The van der Waals surface area contributed by atoms with Crippen molar-refractivity contribution in [1.82, 2.24) is 9.13 Å². The molecule has 0 spiro atoms. The van der Waals surface area contributed by atoms with Gasteiger partial charge in [0.1, 0.15) is 0 Å². The molecule has 2 N–H and O–H groups in total.